The summed E-state index contributed by atoms with van der Waals surface area (Å²) in [5.74, 6) is 1.99. The standard InChI is InChI=1S/C19H31N3O2/c1-19(2)14(9-15-11-16(24-21-15)12-22(3)4)10-17(19)20-18(23)13-7-5-6-8-13/h11,13-14,17H,5-10,12H2,1-4H3,(H,20,23)/t14-,17+/m1/s1. The molecule has 3 rings (SSSR count). The van der Waals surface area contributed by atoms with Crippen LogP contribution in [0.2, 0.25) is 0 Å². The van der Waals surface area contributed by atoms with Gasteiger partial charge < -0.3 is 14.7 Å². The van der Waals surface area contributed by atoms with Crippen molar-refractivity contribution in [3.63, 3.8) is 0 Å². The molecule has 1 aromatic heterocycles. The number of amides is 1. The average Bonchev–Trinajstić information content (AvgIpc) is 3.17. The van der Waals surface area contributed by atoms with Gasteiger partial charge in [-0.25, -0.2) is 0 Å². The summed E-state index contributed by atoms with van der Waals surface area (Å²) in [6, 6.07) is 2.37. The van der Waals surface area contributed by atoms with Crippen LogP contribution in [0.4, 0.5) is 0 Å². The first-order valence-electron chi connectivity index (χ1n) is 9.26. The molecule has 1 N–H and O–H groups in total. The first kappa shape index (κ1) is 17.5. The Bertz CT molecular complexity index is 573. The summed E-state index contributed by atoms with van der Waals surface area (Å²) in [6.45, 7) is 5.31. The third-order valence-electron chi connectivity index (χ3n) is 6.05. The molecule has 0 spiro atoms. The molecule has 0 radical (unpaired) electrons. The lowest BCUT2D eigenvalue weighted by Crippen LogP contribution is -2.59. The minimum absolute atomic E-state index is 0.120. The highest BCUT2D eigenvalue weighted by Crippen LogP contribution is 2.48. The maximum Gasteiger partial charge on any atom is 0.223 e. The Morgan fingerprint density at radius 1 is 1.38 bits per heavy atom. The van der Waals surface area contributed by atoms with E-state index < -0.39 is 0 Å². The lowest BCUT2D eigenvalue weighted by Gasteiger charge is -2.52. The molecule has 2 saturated carbocycles. The van der Waals surface area contributed by atoms with Crippen molar-refractivity contribution in [1.29, 1.82) is 0 Å². The normalized spacial score (nSPS) is 26.5. The fourth-order valence-electron chi connectivity index (χ4n) is 4.18. The van der Waals surface area contributed by atoms with Gasteiger partial charge in [0.05, 0.1) is 12.2 Å². The van der Waals surface area contributed by atoms with Gasteiger partial charge in [0, 0.05) is 18.0 Å². The fourth-order valence-corrected chi connectivity index (χ4v) is 4.18. The van der Waals surface area contributed by atoms with Crippen LogP contribution in [0.15, 0.2) is 10.6 Å². The van der Waals surface area contributed by atoms with Crippen molar-refractivity contribution in [3.05, 3.63) is 17.5 Å². The molecule has 134 valence electrons. The van der Waals surface area contributed by atoms with Crippen LogP contribution in [-0.4, -0.2) is 36.1 Å². The average molecular weight is 333 g/mol. The molecule has 0 saturated heterocycles. The fraction of sp³-hybridized carbons (Fsp3) is 0.789. The Kier molecular flexibility index (Phi) is 5.00. The number of carbonyl (C=O) groups excluding carboxylic acids is 1. The van der Waals surface area contributed by atoms with Gasteiger partial charge >= 0.3 is 0 Å². The number of nitrogens with one attached hydrogen (secondary N) is 1. The van der Waals surface area contributed by atoms with Crippen LogP contribution in [-0.2, 0) is 17.8 Å². The molecule has 0 aliphatic heterocycles. The lowest BCUT2D eigenvalue weighted by atomic mass is 9.57. The molecule has 1 amide bonds. The van der Waals surface area contributed by atoms with Crippen molar-refractivity contribution in [2.75, 3.05) is 14.1 Å². The largest absolute Gasteiger partial charge is 0.360 e. The molecule has 0 aromatic carbocycles. The van der Waals surface area contributed by atoms with Crippen LogP contribution in [0.3, 0.4) is 0 Å². The maximum absolute atomic E-state index is 12.4. The number of aromatic nitrogens is 1. The van der Waals surface area contributed by atoms with E-state index in [0.29, 0.717) is 12.0 Å². The van der Waals surface area contributed by atoms with Crippen LogP contribution >= 0.6 is 0 Å². The van der Waals surface area contributed by atoms with Crippen molar-refractivity contribution in [2.45, 2.75) is 65.0 Å². The zero-order valence-electron chi connectivity index (χ0n) is 15.5. The van der Waals surface area contributed by atoms with Crippen molar-refractivity contribution in [3.8, 4) is 0 Å². The van der Waals surface area contributed by atoms with E-state index in [2.05, 4.69) is 35.3 Å². The topological polar surface area (TPSA) is 58.4 Å². The minimum Gasteiger partial charge on any atom is -0.360 e. The number of hydrogen-bond acceptors (Lipinski definition) is 4. The molecule has 5 nitrogen and oxygen atoms in total. The highest BCUT2D eigenvalue weighted by molar-refractivity contribution is 5.79. The quantitative estimate of drug-likeness (QED) is 0.869. The van der Waals surface area contributed by atoms with Crippen LogP contribution in [0.1, 0.15) is 57.4 Å². The SMILES string of the molecule is CN(C)Cc1cc(C[C@@H]2C[C@H](NC(=O)C3CCCC3)C2(C)C)no1. The van der Waals surface area contributed by atoms with E-state index in [0.717, 1.165) is 43.7 Å². The van der Waals surface area contributed by atoms with Gasteiger partial charge in [-0.15, -0.1) is 0 Å². The Labute approximate surface area is 145 Å². The Morgan fingerprint density at radius 2 is 2.08 bits per heavy atom. The van der Waals surface area contributed by atoms with Crippen LogP contribution in [0.5, 0.6) is 0 Å². The summed E-state index contributed by atoms with van der Waals surface area (Å²) < 4.78 is 5.41. The molecule has 0 unspecified atom stereocenters. The van der Waals surface area contributed by atoms with Crippen molar-refractivity contribution in [1.82, 2.24) is 15.4 Å². The summed E-state index contributed by atoms with van der Waals surface area (Å²) in [6.07, 6.45) is 6.51. The molecule has 5 heteroatoms. The van der Waals surface area contributed by atoms with Gasteiger partial charge in [0.15, 0.2) is 5.76 Å². The van der Waals surface area contributed by atoms with Gasteiger partial charge in [0.1, 0.15) is 0 Å². The Hall–Kier alpha value is -1.36. The molecule has 0 bridgehead atoms. The second-order valence-electron chi connectivity index (χ2n) is 8.52. The molecule has 2 aliphatic carbocycles. The third-order valence-corrected chi connectivity index (χ3v) is 6.05. The minimum atomic E-state index is 0.120. The Morgan fingerprint density at radius 3 is 2.71 bits per heavy atom. The molecule has 2 fully saturated rings. The highest BCUT2D eigenvalue weighted by atomic mass is 16.5. The Balaban J connectivity index is 1.52. The van der Waals surface area contributed by atoms with Gasteiger partial charge in [-0.1, -0.05) is 31.8 Å². The highest BCUT2D eigenvalue weighted by Gasteiger charge is 2.49. The summed E-state index contributed by atoms with van der Waals surface area (Å²) in [5, 5.41) is 7.52. The van der Waals surface area contributed by atoms with Crippen LogP contribution in [0, 0.1) is 17.3 Å². The second kappa shape index (κ2) is 6.87. The monoisotopic (exact) mass is 333 g/mol. The van der Waals surface area contributed by atoms with E-state index >= 15 is 0 Å². The van der Waals surface area contributed by atoms with E-state index in [1.165, 1.54) is 12.8 Å². The first-order chi connectivity index (χ1) is 11.4. The van der Waals surface area contributed by atoms with E-state index in [1.807, 2.05) is 14.1 Å². The van der Waals surface area contributed by atoms with Crippen molar-refractivity contribution in [2.24, 2.45) is 17.3 Å². The molecule has 24 heavy (non-hydrogen) atoms. The summed E-state index contributed by atoms with van der Waals surface area (Å²) >= 11 is 0. The number of rotatable bonds is 6. The molecule has 2 aliphatic rings. The maximum atomic E-state index is 12.4. The zero-order valence-corrected chi connectivity index (χ0v) is 15.5. The van der Waals surface area contributed by atoms with Gasteiger partial charge in [0.25, 0.3) is 0 Å². The molecular weight excluding hydrogens is 302 g/mol. The molecular formula is C19H31N3O2. The molecule has 1 heterocycles. The van der Waals surface area contributed by atoms with Crippen LogP contribution in [0.25, 0.3) is 0 Å². The van der Waals surface area contributed by atoms with E-state index in [1.54, 1.807) is 0 Å². The predicted octanol–water partition coefficient (Wildman–Crippen LogP) is 3.00. The summed E-state index contributed by atoms with van der Waals surface area (Å²) in [4.78, 5) is 14.4. The third kappa shape index (κ3) is 3.66. The molecule has 2 atom stereocenters. The van der Waals surface area contributed by atoms with E-state index in [4.69, 9.17) is 4.52 Å². The van der Waals surface area contributed by atoms with Crippen molar-refractivity contribution >= 4 is 5.91 Å². The van der Waals surface area contributed by atoms with E-state index in [9.17, 15) is 4.79 Å². The smallest absolute Gasteiger partial charge is 0.223 e. The van der Waals surface area contributed by atoms with Gasteiger partial charge in [-0.3, -0.25) is 4.79 Å². The number of hydrogen-bond donors (Lipinski definition) is 1. The predicted molar refractivity (Wildman–Crippen MR) is 93.4 cm³/mol. The van der Waals surface area contributed by atoms with E-state index in [-0.39, 0.29) is 17.2 Å². The summed E-state index contributed by atoms with van der Waals surface area (Å²) in [5.41, 5.74) is 1.15. The second-order valence-corrected chi connectivity index (χ2v) is 8.52. The van der Waals surface area contributed by atoms with Crippen molar-refractivity contribution < 1.29 is 9.32 Å². The number of carbonyl (C=O) groups is 1. The summed E-state index contributed by atoms with van der Waals surface area (Å²) in [7, 11) is 4.05. The first-order valence-corrected chi connectivity index (χ1v) is 9.26. The zero-order chi connectivity index (χ0) is 17.3. The van der Waals surface area contributed by atoms with Gasteiger partial charge in [0.2, 0.25) is 5.91 Å². The van der Waals surface area contributed by atoms with Gasteiger partial charge in [-0.2, -0.15) is 0 Å². The molecule has 1 aromatic rings. The lowest BCUT2D eigenvalue weighted by molar-refractivity contribution is -0.129. The van der Waals surface area contributed by atoms with Gasteiger partial charge in [-0.05, 0) is 51.1 Å². The number of nitrogens with zero attached hydrogens (tertiary/aromatic N) is 2. The van der Waals surface area contributed by atoms with Crippen LogP contribution < -0.4 is 5.32 Å².